The van der Waals surface area contributed by atoms with Gasteiger partial charge in [-0.15, -0.1) is 0 Å². The van der Waals surface area contributed by atoms with E-state index >= 15 is 0 Å². The SMILES string of the molecule is CCOc1ccccc1CN1CCNC(=O)[C@H]1CC(=O)NCc1ccon1. The molecular weight excluding hydrogens is 348 g/mol. The van der Waals surface area contributed by atoms with Crippen LogP contribution in [-0.2, 0) is 22.7 Å². The first-order chi connectivity index (χ1) is 13.2. The molecule has 1 aliphatic heterocycles. The van der Waals surface area contributed by atoms with E-state index in [4.69, 9.17) is 9.26 Å². The molecule has 144 valence electrons. The van der Waals surface area contributed by atoms with Crippen molar-refractivity contribution in [3.8, 4) is 5.75 Å². The second-order valence-electron chi connectivity index (χ2n) is 6.29. The molecule has 1 fully saturated rings. The highest BCUT2D eigenvalue weighted by molar-refractivity contribution is 5.88. The zero-order chi connectivity index (χ0) is 19.1. The number of rotatable bonds is 8. The third kappa shape index (κ3) is 5.07. The zero-order valence-electron chi connectivity index (χ0n) is 15.3. The predicted molar refractivity (Wildman–Crippen MR) is 97.8 cm³/mol. The summed E-state index contributed by atoms with van der Waals surface area (Å²) >= 11 is 0. The average molecular weight is 372 g/mol. The Morgan fingerprint density at radius 2 is 2.26 bits per heavy atom. The Labute approximate surface area is 157 Å². The molecule has 1 aromatic carbocycles. The molecule has 2 aromatic rings. The van der Waals surface area contributed by atoms with Gasteiger partial charge in [0.2, 0.25) is 11.8 Å². The fourth-order valence-electron chi connectivity index (χ4n) is 3.09. The summed E-state index contributed by atoms with van der Waals surface area (Å²) in [5.74, 6) is 0.468. The molecule has 2 amide bonds. The molecule has 0 saturated carbocycles. The third-order valence-electron chi connectivity index (χ3n) is 4.42. The highest BCUT2D eigenvalue weighted by Gasteiger charge is 2.32. The van der Waals surface area contributed by atoms with Crippen LogP contribution in [0.4, 0.5) is 0 Å². The lowest BCUT2D eigenvalue weighted by molar-refractivity contribution is -0.134. The normalized spacial score (nSPS) is 17.4. The molecule has 1 aliphatic rings. The number of piperazine rings is 1. The van der Waals surface area contributed by atoms with Crippen LogP contribution in [0.2, 0.25) is 0 Å². The largest absolute Gasteiger partial charge is 0.494 e. The van der Waals surface area contributed by atoms with Gasteiger partial charge in [0.15, 0.2) is 0 Å². The van der Waals surface area contributed by atoms with Crippen LogP contribution < -0.4 is 15.4 Å². The minimum absolute atomic E-state index is 0.0838. The van der Waals surface area contributed by atoms with Gasteiger partial charge in [-0.05, 0) is 13.0 Å². The summed E-state index contributed by atoms with van der Waals surface area (Å²) < 4.78 is 10.4. The van der Waals surface area contributed by atoms with Gasteiger partial charge in [0.05, 0.1) is 25.6 Å². The highest BCUT2D eigenvalue weighted by Crippen LogP contribution is 2.22. The van der Waals surface area contributed by atoms with E-state index < -0.39 is 6.04 Å². The fraction of sp³-hybridized carbons (Fsp3) is 0.421. The van der Waals surface area contributed by atoms with Crippen LogP contribution in [0.5, 0.6) is 5.75 Å². The van der Waals surface area contributed by atoms with Crippen LogP contribution in [0.3, 0.4) is 0 Å². The molecular formula is C19H24N4O4. The number of amides is 2. The van der Waals surface area contributed by atoms with Gasteiger partial charge in [0, 0.05) is 31.3 Å². The Balaban J connectivity index is 1.64. The number of hydrogen-bond acceptors (Lipinski definition) is 6. The first-order valence-corrected chi connectivity index (χ1v) is 9.05. The molecule has 1 aromatic heterocycles. The van der Waals surface area contributed by atoms with E-state index in [1.807, 2.05) is 36.1 Å². The van der Waals surface area contributed by atoms with Gasteiger partial charge < -0.3 is 19.9 Å². The molecule has 0 bridgehead atoms. The lowest BCUT2D eigenvalue weighted by Gasteiger charge is -2.35. The third-order valence-corrected chi connectivity index (χ3v) is 4.42. The summed E-state index contributed by atoms with van der Waals surface area (Å²) in [5.41, 5.74) is 1.64. The molecule has 2 N–H and O–H groups in total. The highest BCUT2D eigenvalue weighted by atomic mass is 16.5. The Morgan fingerprint density at radius 3 is 3.04 bits per heavy atom. The van der Waals surface area contributed by atoms with Gasteiger partial charge in [-0.25, -0.2) is 0 Å². The van der Waals surface area contributed by atoms with E-state index in [9.17, 15) is 9.59 Å². The second-order valence-corrected chi connectivity index (χ2v) is 6.29. The van der Waals surface area contributed by atoms with Crippen molar-refractivity contribution in [1.82, 2.24) is 20.7 Å². The average Bonchev–Trinajstić information content (AvgIpc) is 3.18. The number of hydrogen-bond donors (Lipinski definition) is 2. The zero-order valence-corrected chi connectivity index (χ0v) is 15.3. The predicted octanol–water partition coefficient (Wildman–Crippen LogP) is 1.08. The van der Waals surface area contributed by atoms with Crippen molar-refractivity contribution >= 4 is 11.8 Å². The lowest BCUT2D eigenvalue weighted by atomic mass is 10.1. The Bertz CT molecular complexity index is 763. The van der Waals surface area contributed by atoms with E-state index in [0.717, 1.165) is 11.3 Å². The van der Waals surface area contributed by atoms with Crippen LogP contribution in [-0.4, -0.2) is 47.6 Å². The molecule has 0 spiro atoms. The van der Waals surface area contributed by atoms with Crippen molar-refractivity contribution in [3.63, 3.8) is 0 Å². The first kappa shape index (κ1) is 18.9. The molecule has 0 aliphatic carbocycles. The van der Waals surface area contributed by atoms with Gasteiger partial charge >= 0.3 is 0 Å². The van der Waals surface area contributed by atoms with Gasteiger partial charge in [-0.1, -0.05) is 23.4 Å². The molecule has 1 saturated heterocycles. The summed E-state index contributed by atoms with van der Waals surface area (Å²) in [6.45, 7) is 4.57. The van der Waals surface area contributed by atoms with Crippen molar-refractivity contribution in [2.75, 3.05) is 19.7 Å². The number of carbonyl (C=O) groups is 2. The van der Waals surface area contributed by atoms with E-state index in [-0.39, 0.29) is 24.8 Å². The standard InChI is InChI=1S/C19H24N4O4/c1-2-26-17-6-4-3-5-14(17)13-23-9-8-20-19(25)16(23)11-18(24)21-12-15-7-10-27-22-15/h3-7,10,16H,2,8-9,11-13H2,1H3,(H,20,25)(H,21,24)/t16-/m1/s1. The Hall–Kier alpha value is -2.87. The number of nitrogens with one attached hydrogen (secondary N) is 2. The van der Waals surface area contributed by atoms with E-state index in [1.54, 1.807) is 6.07 Å². The van der Waals surface area contributed by atoms with Crippen LogP contribution in [0.25, 0.3) is 0 Å². The first-order valence-electron chi connectivity index (χ1n) is 9.05. The molecule has 8 nitrogen and oxygen atoms in total. The number of ether oxygens (including phenoxy) is 1. The Morgan fingerprint density at radius 1 is 1.41 bits per heavy atom. The maximum Gasteiger partial charge on any atom is 0.237 e. The molecule has 8 heteroatoms. The molecule has 2 heterocycles. The second kappa shape index (κ2) is 9.18. The lowest BCUT2D eigenvalue weighted by Crippen LogP contribution is -2.56. The number of para-hydroxylation sites is 1. The van der Waals surface area contributed by atoms with Crippen LogP contribution >= 0.6 is 0 Å². The van der Waals surface area contributed by atoms with E-state index in [0.29, 0.717) is 31.9 Å². The molecule has 27 heavy (non-hydrogen) atoms. The van der Waals surface area contributed by atoms with Crippen LogP contribution in [0, 0.1) is 0 Å². The topological polar surface area (TPSA) is 96.7 Å². The quantitative estimate of drug-likeness (QED) is 0.720. The molecule has 1 atom stereocenters. The minimum atomic E-state index is -0.522. The van der Waals surface area contributed by atoms with Gasteiger partial charge in [0.25, 0.3) is 0 Å². The summed E-state index contributed by atoms with van der Waals surface area (Å²) in [4.78, 5) is 26.7. The number of carbonyl (C=O) groups excluding carboxylic acids is 2. The Kier molecular flexibility index (Phi) is 6.43. The summed E-state index contributed by atoms with van der Waals surface area (Å²) in [5, 5.41) is 9.37. The number of aromatic nitrogens is 1. The van der Waals surface area contributed by atoms with Gasteiger partial charge in [0.1, 0.15) is 17.7 Å². The van der Waals surface area contributed by atoms with E-state index in [2.05, 4.69) is 15.8 Å². The maximum absolute atomic E-state index is 12.4. The van der Waals surface area contributed by atoms with Crippen molar-refractivity contribution in [1.29, 1.82) is 0 Å². The van der Waals surface area contributed by atoms with Crippen molar-refractivity contribution in [2.24, 2.45) is 0 Å². The summed E-state index contributed by atoms with van der Waals surface area (Å²) in [6, 6.07) is 8.94. The van der Waals surface area contributed by atoms with Crippen molar-refractivity contribution in [2.45, 2.75) is 32.5 Å². The fourth-order valence-corrected chi connectivity index (χ4v) is 3.09. The van der Waals surface area contributed by atoms with Crippen molar-refractivity contribution in [3.05, 3.63) is 47.9 Å². The summed E-state index contributed by atoms with van der Waals surface area (Å²) in [6.07, 6.45) is 1.54. The summed E-state index contributed by atoms with van der Waals surface area (Å²) in [7, 11) is 0. The molecule has 3 rings (SSSR count). The van der Waals surface area contributed by atoms with Crippen molar-refractivity contribution < 1.29 is 18.8 Å². The van der Waals surface area contributed by atoms with Crippen LogP contribution in [0.15, 0.2) is 41.1 Å². The van der Waals surface area contributed by atoms with E-state index in [1.165, 1.54) is 6.26 Å². The monoisotopic (exact) mass is 372 g/mol. The number of nitrogens with zero attached hydrogens (tertiary/aromatic N) is 2. The molecule has 0 unspecified atom stereocenters. The number of benzene rings is 1. The maximum atomic E-state index is 12.4. The minimum Gasteiger partial charge on any atom is -0.494 e. The smallest absolute Gasteiger partial charge is 0.237 e. The van der Waals surface area contributed by atoms with Crippen LogP contribution in [0.1, 0.15) is 24.6 Å². The molecule has 0 radical (unpaired) electrons. The van der Waals surface area contributed by atoms with Gasteiger partial charge in [-0.2, -0.15) is 0 Å². The van der Waals surface area contributed by atoms with Gasteiger partial charge in [-0.3, -0.25) is 14.5 Å².